The molecule has 0 saturated carbocycles. The summed E-state index contributed by atoms with van der Waals surface area (Å²) in [6, 6.07) is 6.80. The van der Waals surface area contributed by atoms with E-state index in [1.54, 1.807) is 40.7 Å². The SMILES string of the molecule is Cc1c2nc(c(-c3nccn3C)c3ccc([nH]3)c(C(F)(F)F)c3nc(c(-c4nncn4C)c4ccc1[nH]4)C=C3)C=C2. The van der Waals surface area contributed by atoms with Crippen molar-refractivity contribution in [2.75, 3.05) is 0 Å². The van der Waals surface area contributed by atoms with Gasteiger partial charge in [-0.2, -0.15) is 13.2 Å². The molecular weight excluding hydrogens is 531 g/mol. The summed E-state index contributed by atoms with van der Waals surface area (Å²) in [5.41, 5.74) is 4.29. The number of hydrogen-bond acceptors (Lipinski definition) is 5. The Hall–Kier alpha value is -5.26. The molecule has 41 heavy (non-hydrogen) atoms. The smallest absolute Gasteiger partial charge is 0.355 e. The second-order valence-corrected chi connectivity index (χ2v) is 9.88. The molecule has 204 valence electrons. The molecule has 7 rings (SSSR count). The Morgan fingerprint density at radius 1 is 0.707 bits per heavy atom. The molecule has 9 nitrogen and oxygen atoms in total. The molecule has 0 radical (unpaired) electrons. The van der Waals surface area contributed by atoms with Crippen molar-refractivity contribution in [2.45, 2.75) is 13.1 Å². The minimum absolute atomic E-state index is 0.118. The van der Waals surface area contributed by atoms with Crippen LogP contribution in [0.1, 0.15) is 33.9 Å². The average Bonchev–Trinajstić information content (AvgIpc) is 3.76. The number of aryl methyl sites for hydroxylation is 3. The molecule has 0 saturated heterocycles. The first kappa shape index (κ1) is 24.8. The van der Waals surface area contributed by atoms with Gasteiger partial charge in [0.2, 0.25) is 0 Å². The standard InChI is InChI=1S/C29H22F3N9/c1-15-16-4-6-18(35-16)24(27-33-12-13-40(27)2)19-8-10-22(37-19)26(29(30,31)32)23-11-9-21(38-23)25(20-7-5-17(15)36-20)28-39-34-14-41(28)3/h4-14,36-37H,1-3H3. The highest BCUT2D eigenvalue weighted by molar-refractivity contribution is 5.92. The predicted molar refractivity (Wildman–Crippen MR) is 151 cm³/mol. The summed E-state index contributed by atoms with van der Waals surface area (Å²) in [5, 5.41) is 8.22. The molecule has 0 aliphatic carbocycles. The van der Waals surface area contributed by atoms with Crippen molar-refractivity contribution in [1.29, 1.82) is 0 Å². The summed E-state index contributed by atoms with van der Waals surface area (Å²) in [6.07, 6.45) is 6.94. The van der Waals surface area contributed by atoms with Crippen LogP contribution in [0.15, 0.2) is 43.0 Å². The number of imidazole rings is 1. The fraction of sp³-hybridized carbons (Fsp3) is 0.138. The van der Waals surface area contributed by atoms with Gasteiger partial charge in [-0.1, -0.05) is 0 Å². The van der Waals surface area contributed by atoms with Gasteiger partial charge in [0.25, 0.3) is 0 Å². The normalized spacial score (nSPS) is 12.9. The lowest BCUT2D eigenvalue weighted by Crippen LogP contribution is -2.08. The van der Waals surface area contributed by atoms with Gasteiger partial charge >= 0.3 is 6.18 Å². The van der Waals surface area contributed by atoms with Crippen molar-refractivity contribution in [1.82, 2.24) is 44.3 Å². The summed E-state index contributed by atoms with van der Waals surface area (Å²) in [6.45, 7) is 1.96. The third-order valence-electron chi connectivity index (χ3n) is 7.28. The average molecular weight is 554 g/mol. The Bertz CT molecular complexity index is 2050. The van der Waals surface area contributed by atoms with Gasteiger partial charge in [-0.25, -0.2) is 15.0 Å². The number of aromatic amines is 2. The van der Waals surface area contributed by atoms with Gasteiger partial charge in [0.1, 0.15) is 17.7 Å². The zero-order valence-corrected chi connectivity index (χ0v) is 22.1. The Labute approximate surface area is 230 Å². The Kier molecular flexibility index (Phi) is 5.36. The maximum Gasteiger partial charge on any atom is 0.420 e. The molecule has 0 fully saturated rings. The van der Waals surface area contributed by atoms with Gasteiger partial charge in [0.15, 0.2) is 5.82 Å². The van der Waals surface area contributed by atoms with Crippen LogP contribution in [0.3, 0.4) is 0 Å². The number of alkyl halides is 3. The topological polar surface area (TPSA) is 106 Å². The minimum Gasteiger partial charge on any atom is -0.355 e. The lowest BCUT2D eigenvalue weighted by molar-refractivity contribution is -0.136. The van der Waals surface area contributed by atoms with Crippen LogP contribution in [0.25, 0.3) is 69.1 Å². The summed E-state index contributed by atoms with van der Waals surface area (Å²) in [5.74, 6) is 1.02. The number of nitrogens with zero attached hydrogens (tertiary/aromatic N) is 7. The van der Waals surface area contributed by atoms with E-state index in [2.05, 4.69) is 30.1 Å². The third kappa shape index (κ3) is 3.98. The first-order valence-corrected chi connectivity index (χ1v) is 12.7. The van der Waals surface area contributed by atoms with Crippen molar-refractivity contribution in [3.63, 3.8) is 0 Å². The molecule has 2 N–H and O–H groups in total. The van der Waals surface area contributed by atoms with Crippen LogP contribution in [-0.4, -0.2) is 44.3 Å². The van der Waals surface area contributed by atoms with E-state index in [0.29, 0.717) is 45.2 Å². The summed E-state index contributed by atoms with van der Waals surface area (Å²) in [4.78, 5) is 20.3. The van der Waals surface area contributed by atoms with Crippen LogP contribution < -0.4 is 0 Å². The van der Waals surface area contributed by atoms with Gasteiger partial charge < -0.3 is 19.1 Å². The highest BCUT2D eigenvalue weighted by Gasteiger charge is 2.36. The summed E-state index contributed by atoms with van der Waals surface area (Å²) < 4.78 is 47.5. The molecule has 5 aromatic rings. The number of halogens is 3. The summed E-state index contributed by atoms with van der Waals surface area (Å²) >= 11 is 0. The first-order chi connectivity index (χ1) is 19.7. The van der Waals surface area contributed by atoms with Gasteiger partial charge in [0, 0.05) is 32.0 Å². The molecule has 2 aliphatic rings. The Balaban J connectivity index is 1.69. The summed E-state index contributed by atoms with van der Waals surface area (Å²) in [7, 11) is 3.60. The van der Waals surface area contributed by atoms with Gasteiger partial charge in [-0.05, 0) is 61.1 Å². The van der Waals surface area contributed by atoms with Crippen molar-refractivity contribution in [3.8, 4) is 22.8 Å². The van der Waals surface area contributed by atoms with Crippen molar-refractivity contribution in [3.05, 3.63) is 76.9 Å². The Morgan fingerprint density at radius 2 is 1.29 bits per heavy atom. The fourth-order valence-corrected chi connectivity index (χ4v) is 5.23. The van der Waals surface area contributed by atoms with E-state index in [-0.39, 0.29) is 11.2 Å². The van der Waals surface area contributed by atoms with E-state index in [0.717, 1.165) is 16.8 Å². The monoisotopic (exact) mass is 553 g/mol. The van der Waals surface area contributed by atoms with E-state index < -0.39 is 11.7 Å². The van der Waals surface area contributed by atoms with E-state index in [1.807, 2.05) is 38.3 Å². The van der Waals surface area contributed by atoms with E-state index in [1.165, 1.54) is 18.5 Å². The van der Waals surface area contributed by atoms with Crippen LogP contribution in [0.5, 0.6) is 0 Å². The first-order valence-electron chi connectivity index (χ1n) is 12.7. The number of hydrogen-bond donors (Lipinski definition) is 2. The van der Waals surface area contributed by atoms with Crippen molar-refractivity contribution >= 4 is 46.4 Å². The molecular formula is C29H22F3N9. The van der Waals surface area contributed by atoms with E-state index in [9.17, 15) is 13.2 Å². The van der Waals surface area contributed by atoms with Crippen LogP contribution >= 0.6 is 0 Å². The number of H-pyrrole nitrogens is 2. The van der Waals surface area contributed by atoms with Crippen LogP contribution in [-0.2, 0) is 20.3 Å². The van der Waals surface area contributed by atoms with Crippen molar-refractivity contribution < 1.29 is 13.2 Å². The fourth-order valence-electron chi connectivity index (χ4n) is 5.23. The zero-order chi connectivity index (χ0) is 28.5. The largest absolute Gasteiger partial charge is 0.420 e. The molecule has 0 spiro atoms. The zero-order valence-electron chi connectivity index (χ0n) is 22.1. The third-order valence-corrected chi connectivity index (χ3v) is 7.28. The molecule has 12 heteroatoms. The maximum atomic E-state index is 14.7. The van der Waals surface area contributed by atoms with Crippen LogP contribution in [0.4, 0.5) is 13.2 Å². The van der Waals surface area contributed by atoms with E-state index in [4.69, 9.17) is 4.98 Å². The molecule has 2 aliphatic heterocycles. The molecule has 0 unspecified atom stereocenters. The quantitative estimate of drug-likeness (QED) is 0.266. The van der Waals surface area contributed by atoms with Crippen LogP contribution in [0.2, 0.25) is 0 Å². The lowest BCUT2D eigenvalue weighted by atomic mass is 10.1. The number of rotatable bonds is 2. The van der Waals surface area contributed by atoms with Gasteiger partial charge in [-0.3, -0.25) is 0 Å². The van der Waals surface area contributed by atoms with Crippen molar-refractivity contribution in [2.24, 2.45) is 14.1 Å². The number of nitrogens with one attached hydrogen (secondary N) is 2. The second kappa shape index (κ2) is 8.88. The highest BCUT2D eigenvalue weighted by atomic mass is 19.4. The Morgan fingerprint density at radius 3 is 1.93 bits per heavy atom. The minimum atomic E-state index is -4.70. The number of aromatic nitrogens is 9. The second-order valence-electron chi connectivity index (χ2n) is 9.88. The highest BCUT2D eigenvalue weighted by Crippen LogP contribution is 2.38. The molecule has 0 amide bonds. The maximum absolute atomic E-state index is 14.7. The lowest BCUT2D eigenvalue weighted by Gasteiger charge is -2.08. The molecule has 8 bridgehead atoms. The van der Waals surface area contributed by atoms with Crippen LogP contribution in [0, 0.1) is 6.92 Å². The molecule has 0 aromatic carbocycles. The molecule has 7 heterocycles. The van der Waals surface area contributed by atoms with Gasteiger partial charge in [0.05, 0.1) is 50.5 Å². The van der Waals surface area contributed by atoms with E-state index >= 15 is 0 Å². The molecule has 0 atom stereocenters. The predicted octanol–water partition coefficient (Wildman–Crippen LogP) is 6.18. The van der Waals surface area contributed by atoms with Gasteiger partial charge in [-0.15, -0.1) is 10.2 Å². The number of fused-ring (bicyclic) bond motifs is 8. The molecule has 5 aromatic heterocycles.